The van der Waals surface area contributed by atoms with Crippen LogP contribution in [0.4, 0.5) is 0 Å². The summed E-state index contributed by atoms with van der Waals surface area (Å²) in [6, 6.07) is 7.58. The van der Waals surface area contributed by atoms with Crippen LogP contribution in [0.15, 0.2) is 37.1 Å². The Morgan fingerprint density at radius 1 is 1.50 bits per heavy atom. The summed E-state index contributed by atoms with van der Waals surface area (Å²) in [6.45, 7) is 3.53. The largest absolute Gasteiger partial charge is 0.497 e. The summed E-state index contributed by atoms with van der Waals surface area (Å²) in [6.07, 6.45) is 1.25. The van der Waals surface area contributed by atoms with Crippen LogP contribution in [0.3, 0.4) is 0 Å². The van der Waals surface area contributed by atoms with Gasteiger partial charge in [0.25, 0.3) is 0 Å². The molecular weight excluding hydrogens is 222 g/mol. The van der Waals surface area contributed by atoms with Crippen molar-refractivity contribution >= 4 is 11.8 Å². The molecule has 1 unspecified atom stereocenters. The van der Waals surface area contributed by atoms with Gasteiger partial charge in [-0.25, -0.2) is 0 Å². The van der Waals surface area contributed by atoms with E-state index in [4.69, 9.17) is 14.7 Å². The number of thioether (sulfide) groups is 1. The Balaban J connectivity index is 2.75. The van der Waals surface area contributed by atoms with E-state index < -0.39 is 0 Å². The number of ether oxygens (including phenoxy) is 2. The summed E-state index contributed by atoms with van der Waals surface area (Å²) < 4.78 is 10.4. The third-order valence-corrected chi connectivity index (χ3v) is 2.65. The maximum absolute atomic E-state index is 8.52. The number of benzene rings is 1. The second-order valence-corrected chi connectivity index (χ2v) is 3.77. The van der Waals surface area contributed by atoms with Crippen molar-refractivity contribution in [1.29, 1.82) is 5.26 Å². The Bertz CT molecular complexity index is 370. The quantitative estimate of drug-likeness (QED) is 0.561. The van der Waals surface area contributed by atoms with E-state index in [0.717, 1.165) is 23.1 Å². The Hall–Kier alpha value is -1.60. The van der Waals surface area contributed by atoms with Crippen LogP contribution in [0.2, 0.25) is 0 Å². The highest BCUT2D eigenvalue weighted by Crippen LogP contribution is 2.24. The SMILES string of the molecule is C=COC(CSC#N)c1ccc(OC)cc1. The van der Waals surface area contributed by atoms with Crippen molar-refractivity contribution < 1.29 is 9.47 Å². The van der Waals surface area contributed by atoms with Crippen molar-refractivity contribution in [3.8, 4) is 11.2 Å². The molecule has 1 atom stereocenters. The summed E-state index contributed by atoms with van der Waals surface area (Å²) in [7, 11) is 1.62. The van der Waals surface area contributed by atoms with Crippen molar-refractivity contribution in [2.24, 2.45) is 0 Å². The van der Waals surface area contributed by atoms with E-state index in [9.17, 15) is 0 Å². The molecule has 0 aromatic heterocycles. The predicted octanol–water partition coefficient (Wildman–Crippen LogP) is 3.11. The molecule has 0 aliphatic carbocycles. The Labute approximate surface area is 99.7 Å². The minimum absolute atomic E-state index is 0.145. The normalized spacial score (nSPS) is 11.2. The molecule has 84 valence electrons. The summed E-state index contributed by atoms with van der Waals surface area (Å²) in [5.74, 6) is 1.38. The molecule has 0 saturated carbocycles. The van der Waals surface area contributed by atoms with E-state index in [-0.39, 0.29) is 6.10 Å². The Kier molecular flexibility index (Phi) is 5.30. The van der Waals surface area contributed by atoms with Gasteiger partial charge in [0.15, 0.2) is 0 Å². The molecule has 0 bridgehead atoms. The average molecular weight is 235 g/mol. The van der Waals surface area contributed by atoms with Crippen LogP contribution < -0.4 is 4.74 Å². The molecule has 0 spiro atoms. The minimum atomic E-state index is -0.145. The van der Waals surface area contributed by atoms with E-state index in [1.54, 1.807) is 7.11 Å². The maximum Gasteiger partial charge on any atom is 0.133 e. The third-order valence-electron chi connectivity index (χ3n) is 2.05. The highest BCUT2D eigenvalue weighted by molar-refractivity contribution is 8.03. The van der Waals surface area contributed by atoms with Crippen LogP contribution in [0, 0.1) is 10.7 Å². The lowest BCUT2D eigenvalue weighted by Crippen LogP contribution is -2.03. The van der Waals surface area contributed by atoms with Gasteiger partial charge in [0.1, 0.15) is 17.3 Å². The number of methoxy groups -OCH3 is 1. The van der Waals surface area contributed by atoms with Crippen LogP contribution >= 0.6 is 11.8 Å². The summed E-state index contributed by atoms with van der Waals surface area (Å²) in [5.41, 5.74) is 1.00. The van der Waals surface area contributed by atoms with Gasteiger partial charge < -0.3 is 9.47 Å². The molecule has 1 rings (SSSR count). The number of hydrogen-bond donors (Lipinski definition) is 0. The molecular formula is C12H13NO2S. The molecule has 0 saturated heterocycles. The number of nitriles is 1. The fourth-order valence-corrected chi connectivity index (χ4v) is 1.76. The fraction of sp³-hybridized carbons (Fsp3) is 0.250. The minimum Gasteiger partial charge on any atom is -0.497 e. The van der Waals surface area contributed by atoms with E-state index in [0.29, 0.717) is 5.75 Å². The maximum atomic E-state index is 8.52. The average Bonchev–Trinajstić information content (AvgIpc) is 2.35. The first-order valence-corrected chi connectivity index (χ1v) is 5.71. The van der Waals surface area contributed by atoms with Gasteiger partial charge in [0.2, 0.25) is 0 Å². The number of hydrogen-bond acceptors (Lipinski definition) is 4. The molecule has 4 heteroatoms. The standard InChI is InChI=1S/C12H13NO2S/c1-3-15-12(8-16-9-13)10-4-6-11(14-2)7-5-10/h3-7,12H,1,8H2,2H3. The predicted molar refractivity (Wildman–Crippen MR) is 65.1 cm³/mol. The van der Waals surface area contributed by atoms with Crippen LogP contribution in [0.25, 0.3) is 0 Å². The van der Waals surface area contributed by atoms with Gasteiger partial charge in [-0.15, -0.1) is 0 Å². The zero-order chi connectivity index (χ0) is 11.8. The van der Waals surface area contributed by atoms with Gasteiger partial charge in [-0.2, -0.15) is 5.26 Å². The lowest BCUT2D eigenvalue weighted by molar-refractivity contribution is 0.169. The lowest BCUT2D eigenvalue weighted by Gasteiger charge is -2.15. The van der Waals surface area contributed by atoms with Crippen molar-refractivity contribution in [2.75, 3.05) is 12.9 Å². The summed E-state index contributed by atoms with van der Waals surface area (Å²) in [4.78, 5) is 0. The van der Waals surface area contributed by atoms with Gasteiger partial charge >= 0.3 is 0 Å². The topological polar surface area (TPSA) is 42.2 Å². The van der Waals surface area contributed by atoms with Crippen LogP contribution in [-0.2, 0) is 4.74 Å². The zero-order valence-corrected chi connectivity index (χ0v) is 9.87. The highest BCUT2D eigenvalue weighted by Gasteiger charge is 2.11. The van der Waals surface area contributed by atoms with Gasteiger partial charge in [-0.05, 0) is 29.5 Å². The molecule has 1 aromatic carbocycles. The van der Waals surface area contributed by atoms with Gasteiger partial charge in [0, 0.05) is 5.75 Å². The van der Waals surface area contributed by atoms with Crippen molar-refractivity contribution in [1.82, 2.24) is 0 Å². The van der Waals surface area contributed by atoms with E-state index in [2.05, 4.69) is 6.58 Å². The molecule has 0 aliphatic rings. The van der Waals surface area contributed by atoms with Crippen LogP contribution in [-0.4, -0.2) is 12.9 Å². The molecule has 3 nitrogen and oxygen atoms in total. The first-order valence-electron chi connectivity index (χ1n) is 4.73. The van der Waals surface area contributed by atoms with Crippen molar-refractivity contribution in [3.05, 3.63) is 42.7 Å². The number of rotatable bonds is 6. The van der Waals surface area contributed by atoms with Gasteiger partial charge in [-0.1, -0.05) is 18.7 Å². The Morgan fingerprint density at radius 2 is 2.19 bits per heavy atom. The monoisotopic (exact) mass is 235 g/mol. The molecule has 0 heterocycles. The van der Waals surface area contributed by atoms with E-state index in [1.165, 1.54) is 6.26 Å². The number of nitrogens with zero attached hydrogens (tertiary/aromatic N) is 1. The van der Waals surface area contributed by atoms with Crippen molar-refractivity contribution in [2.45, 2.75) is 6.10 Å². The second kappa shape index (κ2) is 6.81. The fourth-order valence-electron chi connectivity index (χ4n) is 1.26. The van der Waals surface area contributed by atoms with E-state index in [1.807, 2.05) is 29.7 Å². The first kappa shape index (κ1) is 12.5. The van der Waals surface area contributed by atoms with E-state index >= 15 is 0 Å². The molecule has 0 N–H and O–H groups in total. The summed E-state index contributed by atoms with van der Waals surface area (Å²) in [5, 5.41) is 10.6. The molecule has 0 aliphatic heterocycles. The smallest absolute Gasteiger partial charge is 0.133 e. The second-order valence-electron chi connectivity index (χ2n) is 2.97. The first-order chi connectivity index (χ1) is 7.81. The Morgan fingerprint density at radius 3 is 2.69 bits per heavy atom. The number of thiocyanates is 1. The third kappa shape index (κ3) is 3.52. The highest BCUT2D eigenvalue weighted by atomic mass is 32.2. The van der Waals surface area contributed by atoms with Crippen LogP contribution in [0.1, 0.15) is 11.7 Å². The van der Waals surface area contributed by atoms with Gasteiger partial charge in [0.05, 0.1) is 13.4 Å². The molecule has 0 amide bonds. The zero-order valence-electron chi connectivity index (χ0n) is 9.05. The molecule has 1 aromatic rings. The van der Waals surface area contributed by atoms with Crippen LogP contribution in [0.5, 0.6) is 5.75 Å². The summed E-state index contributed by atoms with van der Waals surface area (Å²) >= 11 is 1.16. The molecule has 16 heavy (non-hydrogen) atoms. The van der Waals surface area contributed by atoms with Gasteiger partial charge in [-0.3, -0.25) is 0 Å². The molecule has 0 radical (unpaired) electrons. The lowest BCUT2D eigenvalue weighted by atomic mass is 10.1. The van der Waals surface area contributed by atoms with Crippen molar-refractivity contribution in [3.63, 3.8) is 0 Å². The molecule has 0 fully saturated rings.